The van der Waals surface area contributed by atoms with Crippen molar-refractivity contribution in [3.63, 3.8) is 0 Å². The molecule has 0 aromatic carbocycles. The number of unbranched alkanes of at least 4 members (excludes halogenated alkanes) is 3. The molecule has 10 heteroatoms. The highest BCUT2D eigenvalue weighted by Crippen LogP contribution is 2.58. The average molecular weight is 356 g/mol. The topological polar surface area (TPSA) is 35.5 Å². The van der Waals surface area contributed by atoms with Gasteiger partial charge < -0.3 is 0 Å². The lowest BCUT2D eigenvalue weighted by Gasteiger charge is -2.22. The Bertz CT molecular complexity index is 369. The van der Waals surface area contributed by atoms with E-state index in [1.54, 1.807) is 0 Å². The van der Waals surface area contributed by atoms with Crippen LogP contribution in [-0.2, 0) is 13.6 Å². The standard InChI is InChI=1S/C12H19F6O3P/c1-3-4-5-6-7-10(2)22(19,20-8-11(13,14)15)21-9-12(16,17)18/h2-9H2,1H3. The summed E-state index contributed by atoms with van der Waals surface area (Å²) in [7, 11) is -4.69. The van der Waals surface area contributed by atoms with Gasteiger partial charge in [0.15, 0.2) is 13.2 Å². The van der Waals surface area contributed by atoms with E-state index in [-0.39, 0.29) is 11.7 Å². The van der Waals surface area contributed by atoms with Gasteiger partial charge in [-0.3, -0.25) is 13.6 Å². The normalized spacial score (nSPS) is 13.4. The molecule has 0 heterocycles. The Balaban J connectivity index is 4.75. The minimum absolute atomic E-state index is 0.0208. The molecule has 3 nitrogen and oxygen atoms in total. The molecule has 0 fully saturated rings. The van der Waals surface area contributed by atoms with Gasteiger partial charge in [-0.25, -0.2) is 0 Å². The molecule has 0 aromatic rings. The molecule has 132 valence electrons. The highest BCUT2D eigenvalue weighted by atomic mass is 31.2. The van der Waals surface area contributed by atoms with E-state index < -0.39 is 33.2 Å². The third kappa shape index (κ3) is 10.2. The Kier molecular flexibility index (Phi) is 8.72. The fraction of sp³-hybridized carbons (Fsp3) is 0.833. The highest BCUT2D eigenvalue weighted by molar-refractivity contribution is 7.58. The molecule has 0 spiro atoms. The first-order chi connectivity index (χ1) is 9.90. The van der Waals surface area contributed by atoms with E-state index in [1.165, 1.54) is 0 Å². The molecular weight excluding hydrogens is 337 g/mol. The molecule has 22 heavy (non-hydrogen) atoms. The van der Waals surface area contributed by atoms with Crippen LogP contribution in [-0.4, -0.2) is 25.6 Å². The molecule has 0 aromatic heterocycles. The van der Waals surface area contributed by atoms with Gasteiger partial charge in [0.25, 0.3) is 0 Å². The zero-order chi connectivity index (χ0) is 17.4. The minimum Gasteiger partial charge on any atom is -0.296 e. The molecule has 0 bridgehead atoms. The second kappa shape index (κ2) is 8.93. The maximum absolute atomic E-state index is 12.1. The summed E-state index contributed by atoms with van der Waals surface area (Å²) in [5, 5.41) is -0.378. The summed E-state index contributed by atoms with van der Waals surface area (Å²) in [6.07, 6.45) is -6.84. The SMILES string of the molecule is C=C(CCCCCC)P(=O)(OCC(F)(F)F)OCC(F)(F)F. The Labute approximate surface area is 125 Å². The van der Waals surface area contributed by atoms with Gasteiger partial charge in [-0.15, -0.1) is 0 Å². The molecule has 0 rings (SSSR count). The van der Waals surface area contributed by atoms with Crippen LogP contribution in [0.25, 0.3) is 0 Å². The number of rotatable bonds is 10. The Morgan fingerprint density at radius 1 is 0.955 bits per heavy atom. The van der Waals surface area contributed by atoms with E-state index in [0.29, 0.717) is 12.8 Å². The van der Waals surface area contributed by atoms with Crippen molar-refractivity contribution in [3.05, 3.63) is 11.9 Å². The van der Waals surface area contributed by atoms with Crippen molar-refractivity contribution in [2.75, 3.05) is 13.2 Å². The van der Waals surface area contributed by atoms with Crippen molar-refractivity contribution in [2.45, 2.75) is 51.4 Å². The molecule has 0 aliphatic rings. The van der Waals surface area contributed by atoms with Gasteiger partial charge in [-0.2, -0.15) is 26.3 Å². The zero-order valence-electron chi connectivity index (χ0n) is 12.1. The quantitative estimate of drug-likeness (QED) is 0.281. The smallest absolute Gasteiger partial charge is 0.296 e. The van der Waals surface area contributed by atoms with Crippen LogP contribution < -0.4 is 0 Å². The molecule has 0 radical (unpaired) electrons. The van der Waals surface area contributed by atoms with Crippen molar-refractivity contribution in [1.82, 2.24) is 0 Å². The maximum atomic E-state index is 12.1. The Hall–Kier alpha value is -0.530. The van der Waals surface area contributed by atoms with Crippen LogP contribution in [0.5, 0.6) is 0 Å². The highest BCUT2D eigenvalue weighted by Gasteiger charge is 2.39. The van der Waals surface area contributed by atoms with Crippen molar-refractivity contribution in [1.29, 1.82) is 0 Å². The van der Waals surface area contributed by atoms with Gasteiger partial charge >= 0.3 is 19.9 Å². The van der Waals surface area contributed by atoms with Gasteiger partial charge in [-0.1, -0.05) is 32.8 Å². The molecule has 0 aliphatic heterocycles. The van der Waals surface area contributed by atoms with E-state index in [4.69, 9.17) is 0 Å². The predicted octanol–water partition coefficient (Wildman–Crippen LogP) is 5.82. The monoisotopic (exact) mass is 356 g/mol. The maximum Gasteiger partial charge on any atom is 0.412 e. The summed E-state index contributed by atoms with van der Waals surface area (Å²) in [6, 6.07) is 0. The molecule has 0 saturated carbocycles. The van der Waals surface area contributed by atoms with Crippen LogP contribution in [0.4, 0.5) is 26.3 Å². The fourth-order valence-corrected chi connectivity index (χ4v) is 2.93. The van der Waals surface area contributed by atoms with E-state index in [0.717, 1.165) is 12.8 Å². The van der Waals surface area contributed by atoms with Crippen LogP contribution in [0.15, 0.2) is 11.9 Å². The Morgan fingerprint density at radius 3 is 1.77 bits per heavy atom. The molecule has 0 unspecified atom stereocenters. The summed E-state index contributed by atoms with van der Waals surface area (Å²) in [4.78, 5) is 0. The van der Waals surface area contributed by atoms with Gasteiger partial charge in [-0.05, 0) is 12.8 Å². The second-order valence-electron chi connectivity index (χ2n) is 4.65. The van der Waals surface area contributed by atoms with Gasteiger partial charge in [0, 0.05) is 5.31 Å². The van der Waals surface area contributed by atoms with E-state index in [1.807, 2.05) is 6.92 Å². The number of alkyl halides is 6. The third-order valence-corrected chi connectivity index (χ3v) is 4.44. The van der Waals surface area contributed by atoms with Crippen LogP contribution in [0.2, 0.25) is 0 Å². The summed E-state index contributed by atoms with van der Waals surface area (Å²) in [5.41, 5.74) is 0. The summed E-state index contributed by atoms with van der Waals surface area (Å²) < 4.78 is 93.1. The van der Waals surface area contributed by atoms with Crippen LogP contribution >= 0.6 is 7.60 Å². The lowest BCUT2D eigenvalue weighted by atomic mass is 10.1. The lowest BCUT2D eigenvalue weighted by Crippen LogP contribution is -2.20. The first kappa shape index (κ1) is 21.5. The Morgan fingerprint density at radius 2 is 1.41 bits per heavy atom. The molecule has 0 N–H and O–H groups in total. The van der Waals surface area contributed by atoms with Crippen LogP contribution in [0, 0.1) is 0 Å². The van der Waals surface area contributed by atoms with E-state index >= 15 is 0 Å². The fourth-order valence-electron chi connectivity index (χ4n) is 1.43. The van der Waals surface area contributed by atoms with E-state index in [2.05, 4.69) is 15.6 Å². The number of halogens is 6. The summed E-state index contributed by atoms with van der Waals surface area (Å²) >= 11 is 0. The van der Waals surface area contributed by atoms with Crippen molar-refractivity contribution in [3.8, 4) is 0 Å². The molecule has 0 aliphatic carbocycles. The second-order valence-corrected chi connectivity index (χ2v) is 6.80. The minimum atomic E-state index is -4.83. The van der Waals surface area contributed by atoms with Crippen LogP contribution in [0.1, 0.15) is 39.0 Å². The number of allylic oxidation sites excluding steroid dienone is 1. The van der Waals surface area contributed by atoms with Gasteiger partial charge in [0.05, 0.1) is 0 Å². The lowest BCUT2D eigenvalue weighted by molar-refractivity contribution is -0.164. The molecule has 0 amide bonds. The largest absolute Gasteiger partial charge is 0.412 e. The zero-order valence-corrected chi connectivity index (χ0v) is 13.0. The van der Waals surface area contributed by atoms with E-state index in [9.17, 15) is 30.9 Å². The first-order valence-corrected chi connectivity index (χ1v) is 8.15. The number of hydrogen-bond acceptors (Lipinski definition) is 3. The van der Waals surface area contributed by atoms with Crippen molar-refractivity contribution >= 4 is 7.60 Å². The summed E-state index contributed by atoms with van der Waals surface area (Å²) in [5.74, 6) is 0. The molecule has 0 atom stereocenters. The van der Waals surface area contributed by atoms with Gasteiger partial charge in [0.2, 0.25) is 0 Å². The summed E-state index contributed by atoms with van der Waals surface area (Å²) in [6.45, 7) is 1.28. The average Bonchev–Trinajstić information content (AvgIpc) is 2.37. The third-order valence-electron chi connectivity index (χ3n) is 2.50. The molecule has 0 saturated heterocycles. The molecular formula is C12H19F6O3P. The first-order valence-electron chi connectivity index (χ1n) is 6.60. The van der Waals surface area contributed by atoms with Crippen molar-refractivity contribution < 1.29 is 40.0 Å². The van der Waals surface area contributed by atoms with Crippen LogP contribution in [0.3, 0.4) is 0 Å². The van der Waals surface area contributed by atoms with Gasteiger partial charge in [0.1, 0.15) is 0 Å². The van der Waals surface area contributed by atoms with Crippen molar-refractivity contribution in [2.24, 2.45) is 0 Å². The number of hydrogen-bond donors (Lipinski definition) is 0. The predicted molar refractivity (Wildman–Crippen MR) is 69.5 cm³/mol.